The fourth-order valence-corrected chi connectivity index (χ4v) is 1.81. The van der Waals surface area contributed by atoms with Crippen LogP contribution in [0.15, 0.2) is 18.3 Å². The van der Waals surface area contributed by atoms with E-state index in [0.717, 1.165) is 6.42 Å². The quantitative estimate of drug-likeness (QED) is 0.760. The number of hydrogen-bond acceptors (Lipinski definition) is 1. The lowest BCUT2D eigenvalue weighted by molar-refractivity contribution is 0.436. The number of rotatable bonds is 6. The molecule has 86 valence electrons. The zero-order valence-electron chi connectivity index (χ0n) is 10.5. The molecule has 0 amide bonds. The maximum absolute atomic E-state index is 3.60. The van der Waals surface area contributed by atoms with Gasteiger partial charge < -0.3 is 9.88 Å². The number of aryl methyl sites for hydroxylation is 2. The van der Waals surface area contributed by atoms with Gasteiger partial charge in [0.05, 0.1) is 0 Å². The van der Waals surface area contributed by atoms with Crippen LogP contribution in [0.3, 0.4) is 0 Å². The third kappa shape index (κ3) is 4.08. The molecule has 2 heteroatoms. The van der Waals surface area contributed by atoms with E-state index in [-0.39, 0.29) is 0 Å². The number of aromatic nitrogens is 1. The van der Waals surface area contributed by atoms with Crippen molar-refractivity contribution in [3.05, 3.63) is 24.0 Å². The van der Waals surface area contributed by atoms with E-state index in [1.807, 2.05) is 0 Å². The topological polar surface area (TPSA) is 17.0 Å². The fraction of sp³-hybridized carbons (Fsp3) is 0.692. The van der Waals surface area contributed by atoms with Crippen molar-refractivity contribution in [3.8, 4) is 0 Å². The van der Waals surface area contributed by atoms with Gasteiger partial charge in [-0.3, -0.25) is 0 Å². The first-order valence-corrected chi connectivity index (χ1v) is 5.99. The van der Waals surface area contributed by atoms with E-state index in [2.05, 4.69) is 56.0 Å². The Labute approximate surface area is 93.7 Å². The Morgan fingerprint density at radius 2 is 2.07 bits per heavy atom. The molecule has 0 bridgehead atoms. The molecule has 0 aliphatic rings. The number of hydrogen-bond donors (Lipinski definition) is 1. The van der Waals surface area contributed by atoms with Crippen LogP contribution in [0.1, 0.15) is 39.3 Å². The molecule has 2 unspecified atom stereocenters. The fourth-order valence-electron chi connectivity index (χ4n) is 1.81. The first kappa shape index (κ1) is 12.3. The van der Waals surface area contributed by atoms with Crippen LogP contribution in [0.25, 0.3) is 0 Å². The van der Waals surface area contributed by atoms with E-state index in [1.54, 1.807) is 0 Å². The molecule has 2 atom stereocenters. The van der Waals surface area contributed by atoms with Gasteiger partial charge >= 0.3 is 0 Å². The van der Waals surface area contributed by atoms with Gasteiger partial charge in [-0.15, -0.1) is 0 Å². The summed E-state index contributed by atoms with van der Waals surface area (Å²) < 4.78 is 2.20. The predicted octanol–water partition coefficient (Wildman–Crippen LogP) is 2.73. The summed E-state index contributed by atoms with van der Waals surface area (Å²) in [6.07, 6.45) is 5.69. The zero-order valence-corrected chi connectivity index (χ0v) is 10.5. The molecule has 0 saturated heterocycles. The zero-order chi connectivity index (χ0) is 11.3. The molecule has 1 N–H and O–H groups in total. The van der Waals surface area contributed by atoms with Crippen LogP contribution >= 0.6 is 0 Å². The molecule has 1 heterocycles. The lowest BCUT2D eigenvalue weighted by Crippen LogP contribution is -2.34. The summed E-state index contributed by atoms with van der Waals surface area (Å²) in [6.45, 7) is 6.75. The summed E-state index contributed by atoms with van der Waals surface area (Å²) in [4.78, 5) is 0. The highest BCUT2D eigenvalue weighted by Crippen LogP contribution is 2.06. The standard InChI is InChI=1S/C13H24N2/c1-5-11(2)14-12(3)8-9-13-7-6-10-15(13)4/h6-7,10-12,14H,5,8-9H2,1-4H3. The maximum Gasteiger partial charge on any atom is 0.0172 e. The Morgan fingerprint density at radius 1 is 1.33 bits per heavy atom. The molecule has 0 spiro atoms. The van der Waals surface area contributed by atoms with Gasteiger partial charge in [-0.25, -0.2) is 0 Å². The van der Waals surface area contributed by atoms with Gasteiger partial charge in [-0.05, 0) is 45.2 Å². The molecule has 1 aromatic heterocycles. The van der Waals surface area contributed by atoms with Crippen LogP contribution in [0, 0.1) is 0 Å². The molecular formula is C13H24N2. The maximum atomic E-state index is 3.60. The van der Waals surface area contributed by atoms with Crippen molar-refractivity contribution in [2.75, 3.05) is 0 Å². The monoisotopic (exact) mass is 208 g/mol. The van der Waals surface area contributed by atoms with E-state index in [0.29, 0.717) is 12.1 Å². The third-order valence-electron chi connectivity index (χ3n) is 3.07. The van der Waals surface area contributed by atoms with Crippen LogP contribution in [-0.4, -0.2) is 16.7 Å². The molecular weight excluding hydrogens is 184 g/mol. The van der Waals surface area contributed by atoms with Crippen LogP contribution in [-0.2, 0) is 13.5 Å². The van der Waals surface area contributed by atoms with E-state index < -0.39 is 0 Å². The minimum atomic E-state index is 0.606. The van der Waals surface area contributed by atoms with E-state index in [9.17, 15) is 0 Å². The second-order valence-electron chi connectivity index (χ2n) is 4.53. The van der Waals surface area contributed by atoms with Gasteiger partial charge in [-0.2, -0.15) is 0 Å². The molecule has 0 aromatic carbocycles. The SMILES string of the molecule is CCC(C)NC(C)CCc1cccn1C. The Kier molecular flexibility index (Phi) is 4.89. The van der Waals surface area contributed by atoms with Gasteiger partial charge in [0.25, 0.3) is 0 Å². The summed E-state index contributed by atoms with van der Waals surface area (Å²) in [6, 6.07) is 5.56. The minimum Gasteiger partial charge on any atom is -0.354 e. The highest BCUT2D eigenvalue weighted by Gasteiger charge is 2.06. The first-order chi connectivity index (χ1) is 7.13. The van der Waals surface area contributed by atoms with E-state index in [4.69, 9.17) is 0 Å². The molecule has 0 aliphatic heterocycles. The van der Waals surface area contributed by atoms with Crippen molar-refractivity contribution < 1.29 is 0 Å². The van der Waals surface area contributed by atoms with Gasteiger partial charge in [0.2, 0.25) is 0 Å². The third-order valence-corrected chi connectivity index (χ3v) is 3.07. The summed E-state index contributed by atoms with van der Waals surface area (Å²) in [7, 11) is 2.11. The first-order valence-electron chi connectivity index (χ1n) is 5.99. The largest absolute Gasteiger partial charge is 0.354 e. The Hall–Kier alpha value is -0.760. The average Bonchev–Trinajstić information content (AvgIpc) is 2.61. The Morgan fingerprint density at radius 3 is 2.60 bits per heavy atom. The lowest BCUT2D eigenvalue weighted by Gasteiger charge is -2.18. The average molecular weight is 208 g/mol. The van der Waals surface area contributed by atoms with E-state index >= 15 is 0 Å². The second kappa shape index (κ2) is 5.96. The van der Waals surface area contributed by atoms with Crippen LogP contribution in [0.5, 0.6) is 0 Å². The molecule has 15 heavy (non-hydrogen) atoms. The van der Waals surface area contributed by atoms with Gasteiger partial charge in [0.15, 0.2) is 0 Å². The van der Waals surface area contributed by atoms with Crippen LogP contribution in [0.4, 0.5) is 0 Å². The minimum absolute atomic E-state index is 0.606. The summed E-state index contributed by atoms with van der Waals surface area (Å²) in [5.74, 6) is 0. The Bertz CT molecular complexity index is 278. The number of nitrogens with zero attached hydrogens (tertiary/aromatic N) is 1. The smallest absolute Gasteiger partial charge is 0.0172 e. The highest BCUT2D eigenvalue weighted by atomic mass is 14.9. The van der Waals surface area contributed by atoms with Crippen molar-refractivity contribution in [2.24, 2.45) is 7.05 Å². The number of nitrogens with one attached hydrogen (secondary N) is 1. The van der Waals surface area contributed by atoms with Crippen molar-refractivity contribution >= 4 is 0 Å². The van der Waals surface area contributed by atoms with Crippen LogP contribution in [0.2, 0.25) is 0 Å². The molecule has 0 radical (unpaired) electrons. The molecule has 0 aliphatic carbocycles. The van der Waals surface area contributed by atoms with Crippen molar-refractivity contribution in [1.82, 2.24) is 9.88 Å². The van der Waals surface area contributed by atoms with Crippen molar-refractivity contribution in [1.29, 1.82) is 0 Å². The summed E-state index contributed by atoms with van der Waals surface area (Å²) in [5.41, 5.74) is 1.42. The molecule has 0 saturated carbocycles. The molecule has 0 fully saturated rings. The van der Waals surface area contributed by atoms with Gasteiger partial charge in [0.1, 0.15) is 0 Å². The van der Waals surface area contributed by atoms with Crippen molar-refractivity contribution in [2.45, 2.75) is 52.1 Å². The summed E-state index contributed by atoms with van der Waals surface area (Å²) >= 11 is 0. The molecule has 2 nitrogen and oxygen atoms in total. The lowest BCUT2D eigenvalue weighted by atomic mass is 10.1. The van der Waals surface area contributed by atoms with E-state index in [1.165, 1.54) is 18.5 Å². The molecule has 1 aromatic rings. The predicted molar refractivity (Wildman–Crippen MR) is 66.1 cm³/mol. The van der Waals surface area contributed by atoms with Gasteiger partial charge in [0, 0.05) is 31.0 Å². The molecule has 1 rings (SSSR count). The summed E-state index contributed by atoms with van der Waals surface area (Å²) in [5, 5.41) is 3.60. The normalized spacial score (nSPS) is 15.2. The Balaban J connectivity index is 2.28. The van der Waals surface area contributed by atoms with Crippen molar-refractivity contribution in [3.63, 3.8) is 0 Å². The van der Waals surface area contributed by atoms with Gasteiger partial charge in [-0.1, -0.05) is 6.92 Å². The van der Waals surface area contributed by atoms with Crippen LogP contribution < -0.4 is 5.32 Å². The highest BCUT2D eigenvalue weighted by molar-refractivity contribution is 5.06. The second-order valence-corrected chi connectivity index (χ2v) is 4.53.